The number of hydrogen-bond donors (Lipinski definition) is 5. The molecule has 0 spiro atoms. The number of carbonyl (C=O) groups is 4. The molecule has 0 radical (unpaired) electrons. The highest BCUT2D eigenvalue weighted by atomic mass is 35.5. The number of amidine groups is 3. The predicted molar refractivity (Wildman–Crippen MR) is 570 cm³/mol. The molecule has 5 N–H and O–H groups in total. The van der Waals surface area contributed by atoms with E-state index in [1.165, 1.54) is 83.0 Å². The van der Waals surface area contributed by atoms with Crippen LogP contribution in [0.1, 0.15) is 128 Å². The average Bonchev–Trinajstić information content (AvgIpc) is 1.38. The smallest absolute Gasteiger partial charge is 0.196 e. The van der Waals surface area contributed by atoms with Crippen LogP contribution in [0.4, 0.5) is 52.4 Å². The third-order valence-electron chi connectivity index (χ3n) is 23.3. The van der Waals surface area contributed by atoms with E-state index in [2.05, 4.69) is 103 Å². The number of H-pyrrole nitrogens is 1. The fourth-order valence-electron chi connectivity index (χ4n) is 15.2. The van der Waals surface area contributed by atoms with Crippen molar-refractivity contribution in [3.05, 3.63) is 317 Å². The number of thioether (sulfide) groups is 1. The predicted octanol–water partition coefficient (Wildman–Crippen LogP) is 23.4. The molecule has 0 bridgehead atoms. The molecule has 7 aliphatic rings. The van der Waals surface area contributed by atoms with Crippen molar-refractivity contribution in [1.29, 1.82) is 0 Å². The number of anilines is 9. The summed E-state index contributed by atoms with van der Waals surface area (Å²) in [6.07, 6.45) is 16.5. The van der Waals surface area contributed by atoms with Crippen molar-refractivity contribution in [2.24, 2.45) is 15.0 Å². The van der Waals surface area contributed by atoms with Gasteiger partial charge in [-0.3, -0.25) is 44.2 Å². The van der Waals surface area contributed by atoms with Crippen molar-refractivity contribution in [3.63, 3.8) is 0 Å². The van der Waals surface area contributed by atoms with E-state index < -0.39 is 0 Å². The second kappa shape index (κ2) is 47.1. The number of nitrogens with zero attached hydrogens (tertiary/aromatic N) is 17. The zero-order chi connectivity index (χ0) is 97.1. The number of aromatic nitrogens is 11. The normalized spacial score (nSPS) is 14.4. The number of halogens is 4. The minimum Gasteiger partial charge on any atom is -0.356 e. The Balaban J connectivity index is 0.000000129. The van der Waals surface area contributed by atoms with Crippen LogP contribution in [0.5, 0.6) is 0 Å². The molecule has 26 nitrogen and oxygen atoms in total. The molecule has 0 unspecified atom stereocenters. The standard InChI is InChI=1S/C28H28ClN5OS.C27H27N5OS2.C26H23Cl2N5OS.C24H22ClN7OS/c1-3-20-6-4-7-22(27(20)29)23(35)15-19-8-10-21(11-9-19)36-28-32-25(31-24-14-18(2)17-30-24)16-26(33-28)34-12-5-13-34;1-18-14-24(28-17-18)29-25-16-26(32-12-5-13-32)31-27(30-25)35-20-10-8-19(9-11-20)15-22(33)21-6-3-4-7-23(21)34-2;1-16-11-23(29-15-16)30-24-14-25(33-9-2-10-33)32-26(31-24)35-19-6-3-17(4-7-19)12-22(34)20-13-18(27)5-8-21(20)28;1-15-11-22(31-30-15)27-21-13-23(32-9-4-10-32)29-24(28-21)34-17-8-7-16(26-14-17)12-20(33)18-5-2-3-6-19(18)25/h4,6-11,14,16H,3,5,12-13,15,17H2,1-2H3,(H,30,31,32,33);3-4,6-11,14,16H,5,12-13,15,17H2,1-2H3,(H,28,29,30,31);3-8,11,13-14H,2,9-10,12,15H2,1H3,(H,29,30,31,32);2-3,5-8,11,13-14H,4,9-10,12H2,1H3,(H2,27,28,29,30,31). The van der Waals surface area contributed by atoms with Crippen LogP contribution in [0.25, 0.3) is 0 Å². The van der Waals surface area contributed by atoms with Crippen LogP contribution in [-0.4, -0.2) is 174 Å². The number of rotatable bonds is 31. The minimum absolute atomic E-state index is 0.0242. The molecular weight excluding hydrogens is 1940 g/mol. The molecule has 140 heavy (non-hydrogen) atoms. The number of hydrogen-bond acceptors (Lipinski definition) is 30. The van der Waals surface area contributed by atoms with Crippen LogP contribution < -0.4 is 40.9 Å². The summed E-state index contributed by atoms with van der Waals surface area (Å²) in [5.41, 5.74) is 11.5. The van der Waals surface area contributed by atoms with Crippen LogP contribution >= 0.6 is 105 Å². The Labute approximate surface area is 854 Å². The van der Waals surface area contributed by atoms with Crippen molar-refractivity contribution < 1.29 is 19.2 Å². The number of aliphatic imine (C=N–C) groups is 3. The molecule has 4 fully saturated rings. The molecule has 4 saturated heterocycles. The summed E-state index contributed by atoms with van der Waals surface area (Å²) in [6.45, 7) is 20.4. The Morgan fingerprint density at radius 1 is 0.379 bits per heavy atom. The number of ketones is 4. The fourth-order valence-corrected chi connectivity index (χ4v) is 19.9. The molecule has 0 atom stereocenters. The molecule has 35 heteroatoms. The lowest BCUT2D eigenvalue weighted by molar-refractivity contribution is 0.0982. The van der Waals surface area contributed by atoms with Gasteiger partial charge in [0, 0.05) is 171 Å². The molecule has 7 aromatic carbocycles. The number of carbonyl (C=O) groups excluding carboxylic acids is 4. The van der Waals surface area contributed by atoms with Gasteiger partial charge in [0.05, 0.1) is 41.1 Å². The minimum atomic E-state index is -0.0710. The number of nitrogens with one attached hydrogen (secondary N) is 5. The van der Waals surface area contributed by atoms with Crippen LogP contribution in [0.3, 0.4) is 0 Å². The van der Waals surface area contributed by atoms with Crippen molar-refractivity contribution in [2.45, 2.75) is 138 Å². The van der Waals surface area contributed by atoms with E-state index in [-0.39, 0.29) is 36.0 Å². The van der Waals surface area contributed by atoms with Gasteiger partial charge in [-0.05, 0) is 261 Å². The first-order chi connectivity index (χ1) is 68.0. The number of Topliss-reactive ketones (excluding diaryl/α,β-unsaturated/α-hetero) is 4. The zero-order valence-corrected chi connectivity index (χ0v) is 84.9. The number of pyridine rings is 1. The summed E-state index contributed by atoms with van der Waals surface area (Å²) in [4.78, 5) is 121. The maximum Gasteiger partial charge on any atom is 0.196 e. The first-order valence-electron chi connectivity index (χ1n) is 46.0. The average molecular weight is 2040 g/mol. The highest BCUT2D eigenvalue weighted by Gasteiger charge is 2.27. The Kier molecular flexibility index (Phi) is 33.3. The van der Waals surface area contributed by atoms with Gasteiger partial charge in [0.25, 0.3) is 0 Å². The number of aryl methyl sites for hydroxylation is 2. The second-order valence-corrected chi connectivity index (χ2v) is 40.8. The Bertz CT molecular complexity index is 6950. The molecule has 13 heterocycles. The van der Waals surface area contributed by atoms with E-state index in [1.54, 1.807) is 66.5 Å². The lowest BCUT2D eigenvalue weighted by Gasteiger charge is -2.32. The van der Waals surface area contributed by atoms with Crippen LogP contribution in [-0.2, 0) is 32.1 Å². The van der Waals surface area contributed by atoms with Gasteiger partial charge in [0.15, 0.2) is 49.6 Å². The van der Waals surface area contributed by atoms with Crippen molar-refractivity contribution >= 4 is 198 Å². The molecule has 712 valence electrons. The van der Waals surface area contributed by atoms with Crippen molar-refractivity contribution in [1.82, 2.24) is 55.1 Å². The quantitative estimate of drug-likeness (QED) is 0.0153. The molecule has 0 aliphatic carbocycles. The van der Waals surface area contributed by atoms with Gasteiger partial charge < -0.3 is 40.9 Å². The van der Waals surface area contributed by atoms with Crippen molar-refractivity contribution in [3.8, 4) is 0 Å². The van der Waals surface area contributed by atoms with Gasteiger partial charge in [-0.1, -0.05) is 132 Å². The van der Waals surface area contributed by atoms with Gasteiger partial charge in [0.2, 0.25) is 0 Å². The molecule has 13 aromatic rings. The van der Waals surface area contributed by atoms with Crippen LogP contribution in [0, 0.1) is 6.92 Å². The molecule has 0 saturated carbocycles. The van der Waals surface area contributed by atoms with E-state index >= 15 is 0 Å². The van der Waals surface area contributed by atoms with E-state index in [4.69, 9.17) is 81.3 Å². The maximum absolute atomic E-state index is 12.9. The number of benzene rings is 7. The van der Waals surface area contributed by atoms with Crippen LogP contribution in [0.15, 0.2) is 301 Å². The number of aromatic amines is 1. The lowest BCUT2D eigenvalue weighted by Crippen LogP contribution is -2.37. The zero-order valence-electron chi connectivity index (χ0n) is 77.8. The summed E-state index contributed by atoms with van der Waals surface area (Å²) >= 11 is 32.3. The third-order valence-corrected chi connectivity index (χ3v) is 28.9. The lowest BCUT2D eigenvalue weighted by atomic mass is 10.0. The first-order valence-corrected chi connectivity index (χ1v) is 52.0. The van der Waals surface area contributed by atoms with E-state index in [0.29, 0.717) is 94.1 Å². The maximum atomic E-state index is 12.9. The van der Waals surface area contributed by atoms with Gasteiger partial charge in [-0.15, -0.1) is 11.8 Å². The molecule has 6 aromatic heterocycles. The first kappa shape index (κ1) is 99.0. The molecule has 7 aliphatic heterocycles. The fraction of sp³-hybridized carbons (Fsp3) is 0.248. The summed E-state index contributed by atoms with van der Waals surface area (Å²) in [6, 6.07) is 62.9. The second-order valence-electron chi connectivity index (χ2n) is 34.1. The molecule has 20 rings (SSSR count). The van der Waals surface area contributed by atoms with Gasteiger partial charge in [-0.2, -0.15) is 5.10 Å². The summed E-state index contributed by atoms with van der Waals surface area (Å²) in [5.74, 6) is 9.78. The van der Waals surface area contributed by atoms with Gasteiger partial charge in [-0.25, -0.2) is 39.9 Å². The Morgan fingerprint density at radius 2 is 0.764 bits per heavy atom. The highest BCUT2D eigenvalue weighted by molar-refractivity contribution is 8.00. The largest absolute Gasteiger partial charge is 0.356 e. The molecule has 0 amide bonds. The monoisotopic (exact) mass is 2030 g/mol. The molecular formula is C105H100Cl4N22O4S5. The third kappa shape index (κ3) is 27.0. The SMILES string of the molecule is CC1=CC(Nc2cc(N3CCC3)nc(Sc3ccc(CC(=O)c4cc(Cl)ccc4Cl)cc3)n2)=NC1.CCc1cccc(C(=O)Cc2ccc(Sc3nc(NC4=NCC(C)=C4)cc(N4CCC4)n3)cc2)c1Cl.CSc1ccccc1C(=O)Cc1ccc(Sc2nc(NC3=NCC(C)=C3)cc(N3CCC3)n2)cc1.Cc1cc(Nc2cc(N3CCC3)nc(Sc3ccc(CC(=O)c4ccccc4Cl)nc3)n2)n[nH]1. The van der Waals surface area contributed by atoms with E-state index in [0.717, 1.165) is 195 Å². The summed E-state index contributed by atoms with van der Waals surface area (Å²) < 4.78 is 0. The van der Waals surface area contributed by atoms with Gasteiger partial charge in [0.1, 0.15) is 64.0 Å². The Morgan fingerprint density at radius 3 is 1.15 bits per heavy atom. The highest BCUT2D eigenvalue weighted by Crippen LogP contribution is 2.38. The van der Waals surface area contributed by atoms with Gasteiger partial charge >= 0.3 is 0 Å². The summed E-state index contributed by atoms with van der Waals surface area (Å²) in [5, 5.41) is 24.9. The topological polar surface area (TPSA) is 311 Å². The van der Waals surface area contributed by atoms with E-state index in [1.807, 2.05) is 184 Å². The van der Waals surface area contributed by atoms with Crippen LogP contribution in [0.2, 0.25) is 20.1 Å². The Hall–Kier alpha value is -12.6. The van der Waals surface area contributed by atoms with Crippen molar-refractivity contribution in [2.75, 3.05) is 119 Å². The van der Waals surface area contributed by atoms with E-state index in [9.17, 15) is 19.2 Å². The summed E-state index contributed by atoms with van der Waals surface area (Å²) in [7, 11) is 0.